The molecule has 2 aromatic carbocycles. The minimum Gasteiger partial charge on any atom is -0.486 e. The van der Waals surface area contributed by atoms with Crippen molar-refractivity contribution in [3.8, 4) is 11.4 Å². The van der Waals surface area contributed by atoms with Crippen LogP contribution in [-0.4, -0.2) is 14.8 Å². The van der Waals surface area contributed by atoms with E-state index < -0.39 is 0 Å². The van der Waals surface area contributed by atoms with Gasteiger partial charge in [0, 0.05) is 5.69 Å². The predicted octanol–water partition coefficient (Wildman–Crippen LogP) is 3.59. The fourth-order valence-corrected chi connectivity index (χ4v) is 2.25. The highest BCUT2D eigenvalue weighted by atomic mass is 35.5. The van der Waals surface area contributed by atoms with E-state index in [1.807, 2.05) is 65.2 Å². The normalized spacial score (nSPS) is 10.5. The van der Waals surface area contributed by atoms with Crippen molar-refractivity contribution in [2.75, 3.05) is 0 Å². The Bertz CT molecular complexity index is 698. The van der Waals surface area contributed by atoms with Gasteiger partial charge in [0.25, 0.3) is 0 Å². The second-order valence-electron chi connectivity index (χ2n) is 4.44. The van der Waals surface area contributed by atoms with Crippen molar-refractivity contribution < 1.29 is 4.74 Å². The molecule has 0 amide bonds. The largest absolute Gasteiger partial charge is 0.486 e. The van der Waals surface area contributed by atoms with E-state index in [2.05, 4.69) is 10.2 Å². The second kappa shape index (κ2) is 6.41. The summed E-state index contributed by atoms with van der Waals surface area (Å²) in [5.74, 6) is 2.52. The fourth-order valence-electron chi connectivity index (χ4n) is 2.07. The van der Waals surface area contributed by atoms with E-state index >= 15 is 0 Å². The van der Waals surface area contributed by atoms with Gasteiger partial charge in [-0.25, -0.2) is 0 Å². The van der Waals surface area contributed by atoms with Gasteiger partial charge in [-0.15, -0.1) is 21.8 Å². The van der Waals surface area contributed by atoms with Crippen LogP contribution in [-0.2, 0) is 12.5 Å². The topological polar surface area (TPSA) is 39.9 Å². The first-order valence-corrected chi connectivity index (χ1v) is 7.14. The number of hydrogen-bond donors (Lipinski definition) is 0. The molecule has 0 aliphatic carbocycles. The Morgan fingerprint density at radius 3 is 2.14 bits per heavy atom. The third-order valence-corrected chi connectivity index (χ3v) is 3.28. The summed E-state index contributed by atoms with van der Waals surface area (Å²) < 4.78 is 7.67. The molecule has 0 saturated carbocycles. The number of hydrogen-bond acceptors (Lipinski definition) is 3. The van der Waals surface area contributed by atoms with Crippen molar-refractivity contribution in [3.05, 3.63) is 72.3 Å². The zero-order valence-corrected chi connectivity index (χ0v) is 12.1. The van der Waals surface area contributed by atoms with Gasteiger partial charge < -0.3 is 4.74 Å². The van der Waals surface area contributed by atoms with Crippen LogP contribution in [0.4, 0.5) is 0 Å². The molecule has 3 rings (SSSR count). The maximum atomic E-state index is 5.95. The van der Waals surface area contributed by atoms with E-state index in [9.17, 15) is 0 Å². The van der Waals surface area contributed by atoms with E-state index in [-0.39, 0.29) is 0 Å². The lowest BCUT2D eigenvalue weighted by atomic mass is 10.3. The Labute approximate surface area is 128 Å². The molecule has 0 unspecified atom stereocenters. The molecule has 1 heterocycles. The van der Waals surface area contributed by atoms with Crippen molar-refractivity contribution in [1.82, 2.24) is 14.8 Å². The minimum atomic E-state index is 0.299. The van der Waals surface area contributed by atoms with Crippen molar-refractivity contribution in [3.63, 3.8) is 0 Å². The van der Waals surface area contributed by atoms with E-state index in [4.69, 9.17) is 16.3 Å². The molecule has 0 spiro atoms. The molecule has 5 heteroatoms. The van der Waals surface area contributed by atoms with Gasteiger partial charge in [0.2, 0.25) is 0 Å². The van der Waals surface area contributed by atoms with Gasteiger partial charge in [-0.2, -0.15) is 0 Å². The standard InChI is InChI=1S/C16H14ClN3O/c17-11-15-18-19-16(12-21-14-9-5-2-6-10-14)20(15)13-7-3-1-4-8-13/h1-10H,11-12H2. The van der Waals surface area contributed by atoms with Crippen LogP contribution in [0.25, 0.3) is 5.69 Å². The molecule has 0 bridgehead atoms. The summed E-state index contributed by atoms with van der Waals surface area (Å²) in [4.78, 5) is 0. The van der Waals surface area contributed by atoms with Gasteiger partial charge in [-0.05, 0) is 24.3 Å². The molecule has 1 aromatic heterocycles. The number of rotatable bonds is 5. The Morgan fingerprint density at radius 2 is 1.48 bits per heavy atom. The highest BCUT2D eigenvalue weighted by Crippen LogP contribution is 2.17. The molecule has 0 fully saturated rings. The van der Waals surface area contributed by atoms with E-state index in [0.29, 0.717) is 18.3 Å². The zero-order valence-electron chi connectivity index (χ0n) is 11.3. The van der Waals surface area contributed by atoms with E-state index in [1.165, 1.54) is 0 Å². The van der Waals surface area contributed by atoms with Gasteiger partial charge in [0.15, 0.2) is 11.6 Å². The van der Waals surface area contributed by atoms with Crippen molar-refractivity contribution in [2.24, 2.45) is 0 Å². The molecular weight excluding hydrogens is 286 g/mol. The molecule has 0 atom stereocenters. The van der Waals surface area contributed by atoms with Crippen LogP contribution < -0.4 is 4.74 Å². The molecular formula is C16H14ClN3O. The smallest absolute Gasteiger partial charge is 0.175 e. The summed E-state index contributed by atoms with van der Waals surface area (Å²) >= 11 is 5.95. The van der Waals surface area contributed by atoms with Crippen LogP contribution in [0, 0.1) is 0 Å². The number of benzene rings is 2. The second-order valence-corrected chi connectivity index (χ2v) is 4.71. The first kappa shape index (κ1) is 13.6. The van der Waals surface area contributed by atoms with Crippen molar-refractivity contribution in [1.29, 1.82) is 0 Å². The molecule has 21 heavy (non-hydrogen) atoms. The molecule has 0 N–H and O–H groups in total. The number of halogens is 1. The molecule has 0 radical (unpaired) electrons. The Balaban J connectivity index is 1.87. The summed E-state index contributed by atoms with van der Waals surface area (Å²) in [5.41, 5.74) is 0.977. The summed E-state index contributed by atoms with van der Waals surface area (Å²) in [5, 5.41) is 8.31. The number of ether oxygens (including phenoxy) is 1. The number of para-hydroxylation sites is 2. The highest BCUT2D eigenvalue weighted by Gasteiger charge is 2.13. The zero-order chi connectivity index (χ0) is 14.5. The molecule has 3 aromatic rings. The van der Waals surface area contributed by atoms with Gasteiger partial charge >= 0.3 is 0 Å². The lowest BCUT2D eigenvalue weighted by Gasteiger charge is -2.10. The predicted molar refractivity (Wildman–Crippen MR) is 81.7 cm³/mol. The maximum Gasteiger partial charge on any atom is 0.175 e. The lowest BCUT2D eigenvalue weighted by molar-refractivity contribution is 0.293. The van der Waals surface area contributed by atoms with E-state index in [1.54, 1.807) is 0 Å². The van der Waals surface area contributed by atoms with Gasteiger partial charge in [0.1, 0.15) is 12.4 Å². The third-order valence-electron chi connectivity index (χ3n) is 3.04. The Hall–Kier alpha value is -2.33. The number of alkyl halides is 1. The van der Waals surface area contributed by atoms with Crippen LogP contribution >= 0.6 is 11.6 Å². The average molecular weight is 300 g/mol. The third kappa shape index (κ3) is 3.06. The van der Waals surface area contributed by atoms with Crippen LogP contribution in [0.1, 0.15) is 11.6 Å². The fraction of sp³-hybridized carbons (Fsp3) is 0.125. The summed E-state index contributed by atoms with van der Waals surface area (Å²) in [6.07, 6.45) is 0. The van der Waals surface area contributed by atoms with Crippen molar-refractivity contribution >= 4 is 11.6 Å². The van der Waals surface area contributed by atoms with Gasteiger partial charge in [-0.1, -0.05) is 36.4 Å². The molecule has 106 valence electrons. The van der Waals surface area contributed by atoms with Crippen LogP contribution in [0.2, 0.25) is 0 Å². The van der Waals surface area contributed by atoms with Crippen LogP contribution in [0.5, 0.6) is 5.75 Å². The van der Waals surface area contributed by atoms with E-state index in [0.717, 1.165) is 17.3 Å². The van der Waals surface area contributed by atoms with Gasteiger partial charge in [-0.3, -0.25) is 4.57 Å². The number of aromatic nitrogens is 3. The average Bonchev–Trinajstić information content (AvgIpc) is 2.97. The van der Waals surface area contributed by atoms with Crippen LogP contribution in [0.3, 0.4) is 0 Å². The first-order chi connectivity index (χ1) is 10.4. The lowest BCUT2D eigenvalue weighted by Crippen LogP contribution is -2.07. The molecule has 0 aliphatic rings. The number of nitrogens with zero attached hydrogens (tertiary/aromatic N) is 3. The minimum absolute atomic E-state index is 0.299. The summed E-state index contributed by atoms with van der Waals surface area (Å²) in [7, 11) is 0. The van der Waals surface area contributed by atoms with Crippen molar-refractivity contribution in [2.45, 2.75) is 12.5 Å². The first-order valence-electron chi connectivity index (χ1n) is 6.61. The molecule has 4 nitrogen and oxygen atoms in total. The monoisotopic (exact) mass is 299 g/mol. The Kier molecular flexibility index (Phi) is 4.17. The molecule has 0 saturated heterocycles. The Morgan fingerprint density at radius 1 is 0.857 bits per heavy atom. The van der Waals surface area contributed by atoms with Gasteiger partial charge in [0.05, 0.1) is 5.88 Å². The maximum absolute atomic E-state index is 5.95. The summed E-state index contributed by atoms with van der Waals surface area (Å²) in [6.45, 7) is 0.336. The summed E-state index contributed by atoms with van der Waals surface area (Å²) in [6, 6.07) is 19.5. The van der Waals surface area contributed by atoms with Crippen LogP contribution in [0.15, 0.2) is 60.7 Å². The highest BCUT2D eigenvalue weighted by molar-refractivity contribution is 6.16. The quantitative estimate of drug-likeness (QED) is 0.676. The molecule has 0 aliphatic heterocycles. The SMILES string of the molecule is ClCc1nnc(COc2ccccc2)n1-c1ccccc1.